The number of hydrogen-bond donors (Lipinski definition) is 3. The zero-order valence-electron chi connectivity index (χ0n) is 20.7. The van der Waals surface area contributed by atoms with Gasteiger partial charge in [-0.2, -0.15) is 0 Å². The van der Waals surface area contributed by atoms with E-state index >= 15 is 0 Å². The van der Waals surface area contributed by atoms with Gasteiger partial charge in [0.1, 0.15) is 0 Å². The van der Waals surface area contributed by atoms with Gasteiger partial charge in [0, 0.05) is 5.92 Å². The van der Waals surface area contributed by atoms with Crippen molar-refractivity contribution in [3.8, 4) is 11.1 Å². The summed E-state index contributed by atoms with van der Waals surface area (Å²) in [4.78, 5) is 24.3. The largest absolute Gasteiger partial charge is 0.481 e. The SMILES string of the molecule is C[C@@H](OCc1ccccc1)[C@H](CO)NC(=O)[C@H](CCCc1ccc(-c2ccccc2)cc1)CC(=O)O. The zero-order valence-corrected chi connectivity index (χ0v) is 20.7. The fraction of sp³-hybridized carbons (Fsp3) is 0.333. The Kier molecular flexibility index (Phi) is 10.7. The average Bonchev–Trinajstić information content (AvgIpc) is 2.91. The van der Waals surface area contributed by atoms with E-state index in [9.17, 15) is 19.8 Å². The molecule has 6 heteroatoms. The molecule has 36 heavy (non-hydrogen) atoms. The molecule has 0 aliphatic rings. The van der Waals surface area contributed by atoms with E-state index in [-0.39, 0.29) is 18.9 Å². The number of ether oxygens (including phenoxy) is 1. The molecule has 3 atom stereocenters. The number of aliphatic hydroxyl groups is 1. The topological polar surface area (TPSA) is 95.9 Å². The second-order valence-corrected chi connectivity index (χ2v) is 9.05. The molecule has 0 aliphatic carbocycles. The molecule has 3 rings (SSSR count). The fourth-order valence-corrected chi connectivity index (χ4v) is 4.11. The van der Waals surface area contributed by atoms with Crippen LogP contribution in [0.5, 0.6) is 0 Å². The molecule has 0 aliphatic heterocycles. The van der Waals surface area contributed by atoms with E-state index in [0.717, 1.165) is 28.7 Å². The number of nitrogens with one attached hydrogen (secondary N) is 1. The first kappa shape index (κ1) is 27.1. The van der Waals surface area contributed by atoms with Crippen molar-refractivity contribution in [3.05, 3.63) is 96.1 Å². The highest BCUT2D eigenvalue weighted by atomic mass is 16.5. The van der Waals surface area contributed by atoms with E-state index in [0.29, 0.717) is 19.4 Å². The number of amides is 1. The first-order valence-corrected chi connectivity index (χ1v) is 12.4. The van der Waals surface area contributed by atoms with E-state index in [1.54, 1.807) is 6.92 Å². The lowest BCUT2D eigenvalue weighted by atomic mass is 9.94. The number of aliphatic carboxylic acids is 1. The second kappa shape index (κ2) is 14.2. The van der Waals surface area contributed by atoms with Gasteiger partial charge in [0.05, 0.1) is 31.8 Å². The number of rotatable bonds is 14. The van der Waals surface area contributed by atoms with Crippen molar-refractivity contribution in [2.45, 2.75) is 51.4 Å². The van der Waals surface area contributed by atoms with E-state index < -0.39 is 24.0 Å². The van der Waals surface area contributed by atoms with Gasteiger partial charge in [-0.3, -0.25) is 9.59 Å². The molecular weight excluding hydrogens is 454 g/mol. The van der Waals surface area contributed by atoms with Crippen LogP contribution in [-0.2, 0) is 27.4 Å². The Morgan fingerprint density at radius 1 is 0.861 bits per heavy atom. The number of carboxylic acids is 1. The van der Waals surface area contributed by atoms with Gasteiger partial charge < -0.3 is 20.3 Å². The van der Waals surface area contributed by atoms with Crippen LogP contribution in [-0.4, -0.2) is 40.8 Å². The van der Waals surface area contributed by atoms with Crippen LogP contribution >= 0.6 is 0 Å². The lowest BCUT2D eigenvalue weighted by Crippen LogP contribution is -2.48. The summed E-state index contributed by atoms with van der Waals surface area (Å²) in [5.41, 5.74) is 4.43. The summed E-state index contributed by atoms with van der Waals surface area (Å²) in [7, 11) is 0. The molecule has 3 N–H and O–H groups in total. The zero-order chi connectivity index (χ0) is 25.8. The fourth-order valence-electron chi connectivity index (χ4n) is 4.11. The molecule has 0 spiro atoms. The lowest BCUT2D eigenvalue weighted by Gasteiger charge is -2.26. The number of hydrogen-bond acceptors (Lipinski definition) is 4. The number of carbonyl (C=O) groups excluding carboxylic acids is 1. The minimum absolute atomic E-state index is 0.254. The van der Waals surface area contributed by atoms with Crippen molar-refractivity contribution < 1.29 is 24.5 Å². The van der Waals surface area contributed by atoms with Crippen LogP contribution in [0, 0.1) is 5.92 Å². The molecule has 3 aromatic rings. The molecule has 0 aromatic heterocycles. The summed E-state index contributed by atoms with van der Waals surface area (Å²) in [5.74, 6) is -2.07. The third kappa shape index (κ3) is 8.63. The summed E-state index contributed by atoms with van der Waals surface area (Å²) < 4.78 is 5.83. The summed E-state index contributed by atoms with van der Waals surface area (Å²) in [6.07, 6.45) is 1.18. The van der Waals surface area contributed by atoms with Crippen LogP contribution in [0.2, 0.25) is 0 Å². The maximum atomic E-state index is 12.9. The van der Waals surface area contributed by atoms with Gasteiger partial charge in [0.15, 0.2) is 0 Å². The van der Waals surface area contributed by atoms with Crippen LogP contribution in [0.15, 0.2) is 84.9 Å². The van der Waals surface area contributed by atoms with Crippen molar-refractivity contribution in [2.24, 2.45) is 5.92 Å². The van der Waals surface area contributed by atoms with Crippen LogP contribution in [0.4, 0.5) is 0 Å². The normalized spacial score (nSPS) is 13.5. The standard InChI is InChI=1S/C30H35NO5/c1-22(36-21-24-9-4-2-5-10-24)28(20-32)31-30(35)27(19-29(33)34)14-8-11-23-15-17-26(18-16-23)25-12-6-3-7-13-25/h2-7,9-10,12-13,15-18,22,27-28,32H,8,11,14,19-21H2,1H3,(H,31,35)(H,33,34)/t22-,27-,28+/m1/s1. The Morgan fingerprint density at radius 3 is 2.08 bits per heavy atom. The van der Waals surface area contributed by atoms with Gasteiger partial charge in [-0.05, 0) is 48.4 Å². The van der Waals surface area contributed by atoms with Crippen molar-refractivity contribution in [1.29, 1.82) is 0 Å². The Bertz CT molecular complexity index is 1070. The molecule has 3 aromatic carbocycles. The Hall–Kier alpha value is -3.48. The smallest absolute Gasteiger partial charge is 0.304 e. The van der Waals surface area contributed by atoms with Gasteiger partial charge in [0.25, 0.3) is 0 Å². The minimum atomic E-state index is -1.02. The molecule has 1 amide bonds. The Balaban J connectivity index is 1.51. The van der Waals surface area contributed by atoms with Gasteiger partial charge >= 0.3 is 5.97 Å². The molecule has 0 saturated carbocycles. The minimum Gasteiger partial charge on any atom is -0.481 e. The first-order valence-electron chi connectivity index (χ1n) is 12.4. The second-order valence-electron chi connectivity index (χ2n) is 9.05. The molecule has 0 unspecified atom stereocenters. The third-order valence-corrected chi connectivity index (χ3v) is 6.32. The highest BCUT2D eigenvalue weighted by Gasteiger charge is 2.26. The number of carbonyl (C=O) groups is 2. The molecule has 0 bridgehead atoms. The Morgan fingerprint density at radius 2 is 1.47 bits per heavy atom. The lowest BCUT2D eigenvalue weighted by molar-refractivity contribution is -0.141. The van der Waals surface area contributed by atoms with Crippen LogP contribution < -0.4 is 5.32 Å². The monoisotopic (exact) mass is 489 g/mol. The van der Waals surface area contributed by atoms with E-state index in [4.69, 9.17) is 4.74 Å². The number of benzene rings is 3. The van der Waals surface area contributed by atoms with Crippen molar-refractivity contribution in [3.63, 3.8) is 0 Å². The number of carboxylic acid groups (broad SMARTS) is 1. The van der Waals surface area contributed by atoms with E-state index in [2.05, 4.69) is 41.7 Å². The van der Waals surface area contributed by atoms with Crippen molar-refractivity contribution >= 4 is 11.9 Å². The first-order chi connectivity index (χ1) is 17.5. The molecule has 190 valence electrons. The highest BCUT2D eigenvalue weighted by Crippen LogP contribution is 2.21. The van der Waals surface area contributed by atoms with Gasteiger partial charge in [-0.25, -0.2) is 0 Å². The van der Waals surface area contributed by atoms with E-state index in [1.165, 1.54) is 0 Å². The van der Waals surface area contributed by atoms with Crippen LogP contribution in [0.25, 0.3) is 11.1 Å². The average molecular weight is 490 g/mol. The molecule has 0 saturated heterocycles. The maximum absolute atomic E-state index is 12.9. The Labute approximate surface area is 212 Å². The van der Waals surface area contributed by atoms with Gasteiger partial charge in [-0.1, -0.05) is 84.9 Å². The predicted octanol–water partition coefficient (Wildman–Crippen LogP) is 4.85. The molecular formula is C30H35NO5. The molecule has 6 nitrogen and oxygen atoms in total. The van der Waals surface area contributed by atoms with E-state index in [1.807, 2.05) is 48.5 Å². The van der Waals surface area contributed by atoms with Crippen LogP contribution in [0.3, 0.4) is 0 Å². The third-order valence-electron chi connectivity index (χ3n) is 6.32. The molecule has 0 heterocycles. The maximum Gasteiger partial charge on any atom is 0.304 e. The van der Waals surface area contributed by atoms with Crippen molar-refractivity contribution in [2.75, 3.05) is 6.61 Å². The molecule has 0 fully saturated rings. The molecule has 0 radical (unpaired) electrons. The quantitative estimate of drug-likeness (QED) is 0.301. The predicted molar refractivity (Wildman–Crippen MR) is 140 cm³/mol. The van der Waals surface area contributed by atoms with Crippen LogP contribution in [0.1, 0.15) is 37.3 Å². The highest BCUT2D eigenvalue weighted by molar-refractivity contribution is 5.83. The number of aliphatic hydroxyl groups excluding tert-OH is 1. The number of aryl methyl sites for hydroxylation is 1. The van der Waals surface area contributed by atoms with Gasteiger partial charge in [-0.15, -0.1) is 0 Å². The summed E-state index contributed by atoms with van der Waals surface area (Å²) >= 11 is 0. The summed E-state index contributed by atoms with van der Waals surface area (Å²) in [5, 5.41) is 22.0. The summed E-state index contributed by atoms with van der Waals surface area (Å²) in [6, 6.07) is 27.5. The summed E-state index contributed by atoms with van der Waals surface area (Å²) in [6.45, 7) is 1.85. The van der Waals surface area contributed by atoms with Crippen molar-refractivity contribution in [1.82, 2.24) is 5.32 Å². The van der Waals surface area contributed by atoms with Gasteiger partial charge in [0.2, 0.25) is 5.91 Å².